The van der Waals surface area contributed by atoms with Gasteiger partial charge >= 0.3 is 5.97 Å². The highest BCUT2D eigenvalue weighted by Crippen LogP contribution is 2.25. The second-order valence-corrected chi connectivity index (χ2v) is 4.87. The zero-order valence-electron chi connectivity index (χ0n) is 13.2. The SMILES string of the molecule is C=CC(C/C=C/C)OC1=NC(CCC)=C(C(=O)OC)CC1. The molecule has 1 unspecified atom stereocenters. The molecule has 0 aliphatic carbocycles. The van der Waals surface area contributed by atoms with E-state index in [1.54, 1.807) is 6.08 Å². The van der Waals surface area contributed by atoms with Crippen molar-refractivity contribution < 1.29 is 14.3 Å². The summed E-state index contributed by atoms with van der Waals surface area (Å²) < 4.78 is 10.7. The highest BCUT2D eigenvalue weighted by molar-refractivity contribution is 5.92. The standard InChI is InChI=1S/C17H25NO3/c1-5-8-10-13(7-3)21-16-12-11-14(17(19)20-4)15(18-16)9-6-2/h5,7-8,13H,3,6,9-12H2,1-2,4H3/b8-5+. The maximum absolute atomic E-state index is 11.8. The first-order chi connectivity index (χ1) is 10.2. The number of carbonyl (C=O) groups is 1. The molecule has 1 atom stereocenters. The molecule has 21 heavy (non-hydrogen) atoms. The zero-order chi connectivity index (χ0) is 15.7. The van der Waals surface area contributed by atoms with E-state index in [2.05, 4.69) is 18.5 Å². The number of esters is 1. The van der Waals surface area contributed by atoms with Crippen molar-refractivity contribution in [1.82, 2.24) is 0 Å². The first-order valence-corrected chi connectivity index (χ1v) is 7.44. The Labute approximate surface area is 127 Å². The molecule has 0 radical (unpaired) electrons. The minimum Gasteiger partial charge on any atom is -0.473 e. The van der Waals surface area contributed by atoms with E-state index in [9.17, 15) is 4.79 Å². The number of nitrogens with zero attached hydrogens (tertiary/aromatic N) is 1. The number of rotatable bonds is 7. The number of ether oxygens (including phenoxy) is 2. The maximum atomic E-state index is 11.8. The number of allylic oxidation sites excluding steroid dienone is 2. The summed E-state index contributed by atoms with van der Waals surface area (Å²) >= 11 is 0. The van der Waals surface area contributed by atoms with E-state index < -0.39 is 0 Å². The third-order valence-corrected chi connectivity index (χ3v) is 3.27. The van der Waals surface area contributed by atoms with Crippen molar-refractivity contribution in [3.8, 4) is 0 Å². The first kappa shape index (κ1) is 17.2. The van der Waals surface area contributed by atoms with Crippen LogP contribution in [0.4, 0.5) is 0 Å². The Balaban J connectivity index is 2.87. The van der Waals surface area contributed by atoms with E-state index >= 15 is 0 Å². The fraction of sp³-hybridized carbons (Fsp3) is 0.529. The van der Waals surface area contributed by atoms with E-state index in [-0.39, 0.29) is 12.1 Å². The smallest absolute Gasteiger partial charge is 0.335 e. The number of hydrogen-bond acceptors (Lipinski definition) is 4. The minimum atomic E-state index is -0.282. The van der Waals surface area contributed by atoms with Crippen molar-refractivity contribution in [2.75, 3.05) is 7.11 Å². The molecule has 0 saturated carbocycles. The normalized spacial score (nSPS) is 16.6. The molecule has 0 amide bonds. The maximum Gasteiger partial charge on any atom is 0.335 e. The van der Waals surface area contributed by atoms with Crippen LogP contribution in [0.25, 0.3) is 0 Å². The van der Waals surface area contributed by atoms with Gasteiger partial charge in [-0.2, -0.15) is 0 Å². The number of hydrogen-bond donors (Lipinski definition) is 0. The topological polar surface area (TPSA) is 47.9 Å². The van der Waals surface area contributed by atoms with E-state index in [4.69, 9.17) is 9.47 Å². The van der Waals surface area contributed by atoms with Crippen LogP contribution in [0.3, 0.4) is 0 Å². The lowest BCUT2D eigenvalue weighted by Crippen LogP contribution is -2.20. The molecule has 4 heteroatoms. The van der Waals surface area contributed by atoms with Gasteiger partial charge in [-0.3, -0.25) is 0 Å². The Morgan fingerprint density at radius 3 is 2.81 bits per heavy atom. The average Bonchev–Trinajstić information content (AvgIpc) is 2.51. The molecular formula is C17H25NO3. The third kappa shape index (κ3) is 5.21. The molecule has 116 valence electrons. The van der Waals surface area contributed by atoms with E-state index in [1.165, 1.54) is 7.11 Å². The molecule has 1 rings (SSSR count). The molecule has 0 N–H and O–H groups in total. The lowest BCUT2D eigenvalue weighted by atomic mass is 10.0. The summed E-state index contributed by atoms with van der Waals surface area (Å²) in [5, 5.41) is 0. The van der Waals surface area contributed by atoms with Crippen LogP contribution in [0.5, 0.6) is 0 Å². The molecule has 0 aromatic rings. The Morgan fingerprint density at radius 1 is 1.48 bits per heavy atom. The van der Waals surface area contributed by atoms with Crippen molar-refractivity contribution in [1.29, 1.82) is 0 Å². The van der Waals surface area contributed by atoms with Crippen LogP contribution < -0.4 is 0 Å². The van der Waals surface area contributed by atoms with Crippen LogP contribution >= 0.6 is 0 Å². The summed E-state index contributed by atoms with van der Waals surface area (Å²) in [6.07, 6.45) is 9.42. The number of carbonyl (C=O) groups excluding carboxylic acids is 1. The summed E-state index contributed by atoms with van der Waals surface area (Å²) in [5.41, 5.74) is 1.47. The van der Waals surface area contributed by atoms with E-state index in [1.807, 2.05) is 19.1 Å². The van der Waals surface area contributed by atoms with Crippen LogP contribution in [0, 0.1) is 0 Å². The predicted molar refractivity (Wildman–Crippen MR) is 85.1 cm³/mol. The van der Waals surface area contributed by atoms with Gasteiger partial charge in [-0.1, -0.05) is 38.2 Å². The predicted octanol–water partition coefficient (Wildman–Crippen LogP) is 3.94. The fourth-order valence-corrected chi connectivity index (χ4v) is 2.16. The van der Waals surface area contributed by atoms with Gasteiger partial charge in [0, 0.05) is 12.8 Å². The molecule has 0 aromatic carbocycles. The Kier molecular flexibility index (Phi) is 7.51. The van der Waals surface area contributed by atoms with Crippen molar-refractivity contribution in [2.24, 2.45) is 4.99 Å². The van der Waals surface area contributed by atoms with Crippen LogP contribution in [-0.2, 0) is 14.3 Å². The highest BCUT2D eigenvalue weighted by Gasteiger charge is 2.22. The molecule has 0 spiro atoms. The molecule has 0 bridgehead atoms. The average molecular weight is 291 g/mol. The molecule has 0 saturated heterocycles. The van der Waals surface area contributed by atoms with E-state index in [0.29, 0.717) is 24.3 Å². The lowest BCUT2D eigenvalue weighted by molar-refractivity contribution is -0.136. The van der Waals surface area contributed by atoms with Crippen molar-refractivity contribution in [2.45, 2.75) is 52.1 Å². The van der Waals surface area contributed by atoms with Gasteiger partial charge in [-0.25, -0.2) is 9.79 Å². The number of methoxy groups -OCH3 is 1. The monoisotopic (exact) mass is 291 g/mol. The summed E-state index contributed by atoms with van der Waals surface area (Å²) in [4.78, 5) is 16.3. The molecule has 4 nitrogen and oxygen atoms in total. The summed E-state index contributed by atoms with van der Waals surface area (Å²) in [7, 11) is 1.40. The lowest BCUT2D eigenvalue weighted by Gasteiger charge is -2.21. The van der Waals surface area contributed by atoms with Gasteiger partial charge in [0.05, 0.1) is 18.4 Å². The molecule has 1 aliphatic heterocycles. The van der Waals surface area contributed by atoms with Crippen molar-refractivity contribution >= 4 is 11.9 Å². The minimum absolute atomic E-state index is 0.0810. The third-order valence-electron chi connectivity index (χ3n) is 3.27. The van der Waals surface area contributed by atoms with Crippen molar-refractivity contribution in [3.05, 3.63) is 36.1 Å². The second kappa shape index (κ2) is 9.16. The van der Waals surface area contributed by atoms with Gasteiger partial charge in [0.25, 0.3) is 0 Å². The summed E-state index contributed by atoms with van der Waals surface area (Å²) in [5.74, 6) is 0.399. The molecular weight excluding hydrogens is 266 g/mol. The van der Waals surface area contributed by atoms with Gasteiger partial charge in [0.15, 0.2) is 5.90 Å². The Bertz CT molecular complexity index is 461. The fourth-order valence-electron chi connectivity index (χ4n) is 2.16. The second-order valence-electron chi connectivity index (χ2n) is 4.87. The summed E-state index contributed by atoms with van der Waals surface area (Å²) in [6, 6.07) is 0. The molecule has 0 fully saturated rings. The van der Waals surface area contributed by atoms with Gasteiger partial charge in [0.2, 0.25) is 0 Å². The Hall–Kier alpha value is -1.84. The molecule has 1 heterocycles. The Morgan fingerprint density at radius 2 is 2.24 bits per heavy atom. The first-order valence-electron chi connectivity index (χ1n) is 7.44. The van der Waals surface area contributed by atoms with Crippen LogP contribution in [0.15, 0.2) is 41.1 Å². The van der Waals surface area contributed by atoms with Crippen LogP contribution in [0.2, 0.25) is 0 Å². The van der Waals surface area contributed by atoms with Gasteiger partial charge in [-0.15, -0.1) is 0 Å². The van der Waals surface area contributed by atoms with Crippen molar-refractivity contribution in [3.63, 3.8) is 0 Å². The van der Waals surface area contributed by atoms with Crippen LogP contribution in [-0.4, -0.2) is 25.1 Å². The highest BCUT2D eigenvalue weighted by atomic mass is 16.5. The molecule has 0 aromatic heterocycles. The van der Waals surface area contributed by atoms with Gasteiger partial charge < -0.3 is 9.47 Å². The van der Waals surface area contributed by atoms with Gasteiger partial charge in [-0.05, 0) is 19.8 Å². The zero-order valence-corrected chi connectivity index (χ0v) is 13.2. The van der Waals surface area contributed by atoms with Gasteiger partial charge in [0.1, 0.15) is 6.10 Å². The van der Waals surface area contributed by atoms with Crippen LogP contribution in [0.1, 0.15) is 46.0 Å². The number of aliphatic imine (C=N–C) groups is 1. The van der Waals surface area contributed by atoms with E-state index in [0.717, 1.165) is 25.0 Å². The largest absolute Gasteiger partial charge is 0.473 e. The molecule has 1 aliphatic rings. The summed E-state index contributed by atoms with van der Waals surface area (Å²) in [6.45, 7) is 7.83. The quantitative estimate of drug-likeness (QED) is 0.527.